The van der Waals surface area contributed by atoms with E-state index in [1.165, 1.54) is 0 Å². The highest BCUT2D eigenvalue weighted by atomic mass is 32.1. The van der Waals surface area contributed by atoms with Crippen molar-refractivity contribution in [3.63, 3.8) is 0 Å². The molecular formula is C8H11NO2S. The zero-order valence-corrected chi connectivity index (χ0v) is 7.76. The van der Waals surface area contributed by atoms with Gasteiger partial charge in [0, 0.05) is 11.1 Å². The Morgan fingerprint density at radius 1 is 1.75 bits per heavy atom. The predicted octanol–water partition coefficient (Wildman–Crippen LogP) is 1.64. The third-order valence-electron chi connectivity index (χ3n) is 1.36. The summed E-state index contributed by atoms with van der Waals surface area (Å²) >= 11 is 1.56. The van der Waals surface area contributed by atoms with Crippen LogP contribution in [0.15, 0.2) is 11.7 Å². The lowest BCUT2D eigenvalue weighted by atomic mass is 10.3. The molecule has 12 heavy (non-hydrogen) atoms. The monoisotopic (exact) mass is 185 g/mol. The van der Waals surface area contributed by atoms with Crippen molar-refractivity contribution in [2.45, 2.75) is 19.8 Å². The van der Waals surface area contributed by atoms with Crippen LogP contribution in [-0.4, -0.2) is 17.6 Å². The van der Waals surface area contributed by atoms with Crippen LogP contribution in [0.5, 0.6) is 0 Å². The number of thiazole rings is 1. The van der Waals surface area contributed by atoms with Crippen LogP contribution < -0.4 is 0 Å². The molecule has 0 spiro atoms. The molecule has 0 radical (unpaired) electrons. The SMILES string of the molecule is CCOC(=O)CCc1cncs1. The molecule has 0 aliphatic carbocycles. The van der Waals surface area contributed by atoms with Gasteiger partial charge in [-0.2, -0.15) is 0 Å². The van der Waals surface area contributed by atoms with Crippen molar-refractivity contribution in [2.24, 2.45) is 0 Å². The zero-order chi connectivity index (χ0) is 8.81. The molecule has 0 bridgehead atoms. The highest BCUT2D eigenvalue weighted by molar-refractivity contribution is 7.09. The molecule has 0 saturated carbocycles. The molecule has 0 amide bonds. The summed E-state index contributed by atoms with van der Waals surface area (Å²) in [4.78, 5) is 15.9. The van der Waals surface area contributed by atoms with E-state index in [2.05, 4.69) is 4.98 Å². The highest BCUT2D eigenvalue weighted by Gasteiger charge is 2.02. The molecule has 0 fully saturated rings. The van der Waals surface area contributed by atoms with Gasteiger partial charge < -0.3 is 4.74 Å². The molecule has 0 aliphatic heterocycles. The van der Waals surface area contributed by atoms with Crippen LogP contribution in [0.1, 0.15) is 18.2 Å². The van der Waals surface area contributed by atoms with Gasteiger partial charge in [-0.1, -0.05) is 0 Å². The fourth-order valence-electron chi connectivity index (χ4n) is 0.824. The Morgan fingerprint density at radius 3 is 3.17 bits per heavy atom. The molecule has 1 aromatic rings. The van der Waals surface area contributed by atoms with Gasteiger partial charge in [0.2, 0.25) is 0 Å². The maximum absolute atomic E-state index is 10.9. The van der Waals surface area contributed by atoms with Crippen molar-refractivity contribution >= 4 is 17.3 Å². The number of nitrogens with zero attached hydrogens (tertiary/aromatic N) is 1. The van der Waals surface area contributed by atoms with E-state index in [1.54, 1.807) is 23.0 Å². The van der Waals surface area contributed by atoms with Crippen molar-refractivity contribution in [3.8, 4) is 0 Å². The Bertz CT molecular complexity index is 233. The van der Waals surface area contributed by atoms with Gasteiger partial charge in [-0.15, -0.1) is 11.3 Å². The van der Waals surface area contributed by atoms with E-state index in [1.807, 2.05) is 6.92 Å². The average Bonchev–Trinajstić information content (AvgIpc) is 2.53. The lowest BCUT2D eigenvalue weighted by Crippen LogP contribution is -2.04. The van der Waals surface area contributed by atoms with E-state index in [0.717, 1.165) is 11.3 Å². The smallest absolute Gasteiger partial charge is 0.306 e. The van der Waals surface area contributed by atoms with E-state index in [-0.39, 0.29) is 5.97 Å². The summed E-state index contributed by atoms with van der Waals surface area (Å²) in [7, 11) is 0. The third-order valence-corrected chi connectivity index (χ3v) is 2.20. The Labute approximate surface area is 75.4 Å². The number of aryl methyl sites for hydroxylation is 1. The van der Waals surface area contributed by atoms with Gasteiger partial charge in [0.1, 0.15) is 0 Å². The molecule has 0 atom stereocenters. The van der Waals surface area contributed by atoms with Gasteiger partial charge >= 0.3 is 5.97 Å². The van der Waals surface area contributed by atoms with Crippen molar-refractivity contribution < 1.29 is 9.53 Å². The molecule has 4 heteroatoms. The Hall–Kier alpha value is -0.900. The Balaban J connectivity index is 2.22. The summed E-state index contributed by atoms with van der Waals surface area (Å²) in [6, 6.07) is 0. The largest absolute Gasteiger partial charge is 0.466 e. The first kappa shape index (κ1) is 9.19. The molecular weight excluding hydrogens is 174 g/mol. The second-order valence-corrected chi connectivity index (χ2v) is 3.24. The van der Waals surface area contributed by atoms with Gasteiger partial charge in [0.05, 0.1) is 18.5 Å². The van der Waals surface area contributed by atoms with Crippen LogP contribution >= 0.6 is 11.3 Å². The number of rotatable bonds is 4. The van der Waals surface area contributed by atoms with Crippen LogP contribution in [0.25, 0.3) is 0 Å². The minimum Gasteiger partial charge on any atom is -0.466 e. The maximum atomic E-state index is 10.9. The van der Waals surface area contributed by atoms with Crippen molar-refractivity contribution in [2.75, 3.05) is 6.61 Å². The van der Waals surface area contributed by atoms with Crippen molar-refractivity contribution in [1.82, 2.24) is 4.98 Å². The van der Waals surface area contributed by atoms with Crippen LogP contribution in [0, 0.1) is 0 Å². The molecule has 0 aromatic carbocycles. The number of hydrogen-bond donors (Lipinski definition) is 0. The van der Waals surface area contributed by atoms with Crippen molar-refractivity contribution in [3.05, 3.63) is 16.6 Å². The molecule has 0 unspecified atom stereocenters. The fraction of sp³-hybridized carbons (Fsp3) is 0.500. The van der Waals surface area contributed by atoms with E-state index >= 15 is 0 Å². The molecule has 0 aliphatic rings. The summed E-state index contributed by atoms with van der Waals surface area (Å²) < 4.78 is 4.79. The number of carbonyl (C=O) groups is 1. The van der Waals surface area contributed by atoms with Crippen LogP contribution in [0.2, 0.25) is 0 Å². The third kappa shape index (κ3) is 3.00. The molecule has 3 nitrogen and oxygen atoms in total. The van der Waals surface area contributed by atoms with Crippen LogP contribution in [0.4, 0.5) is 0 Å². The molecule has 1 rings (SSSR count). The van der Waals surface area contributed by atoms with Crippen LogP contribution in [0.3, 0.4) is 0 Å². The summed E-state index contributed by atoms with van der Waals surface area (Å²) in [5.74, 6) is -0.133. The number of hydrogen-bond acceptors (Lipinski definition) is 4. The fourth-order valence-corrected chi connectivity index (χ4v) is 1.42. The molecule has 1 aromatic heterocycles. The number of aromatic nitrogens is 1. The maximum Gasteiger partial charge on any atom is 0.306 e. The second kappa shape index (κ2) is 4.87. The first-order chi connectivity index (χ1) is 5.83. The number of esters is 1. The number of carbonyl (C=O) groups excluding carboxylic acids is 1. The quantitative estimate of drug-likeness (QED) is 0.669. The summed E-state index contributed by atoms with van der Waals surface area (Å²) in [6.45, 7) is 2.27. The molecule has 0 saturated heterocycles. The van der Waals surface area contributed by atoms with Crippen LogP contribution in [-0.2, 0) is 16.0 Å². The Morgan fingerprint density at radius 2 is 2.58 bits per heavy atom. The predicted molar refractivity (Wildman–Crippen MR) is 47.1 cm³/mol. The minimum atomic E-state index is -0.133. The minimum absolute atomic E-state index is 0.133. The average molecular weight is 185 g/mol. The van der Waals surface area contributed by atoms with Crippen molar-refractivity contribution in [1.29, 1.82) is 0 Å². The topological polar surface area (TPSA) is 39.2 Å². The highest BCUT2D eigenvalue weighted by Crippen LogP contribution is 2.08. The molecule has 66 valence electrons. The Kier molecular flexibility index (Phi) is 3.73. The summed E-state index contributed by atoms with van der Waals surface area (Å²) in [5.41, 5.74) is 1.76. The van der Waals surface area contributed by atoms with Gasteiger partial charge in [-0.05, 0) is 13.3 Å². The van der Waals surface area contributed by atoms with Gasteiger partial charge in [0.25, 0.3) is 0 Å². The van der Waals surface area contributed by atoms with Gasteiger partial charge in [-0.25, -0.2) is 0 Å². The molecule has 0 N–H and O–H groups in total. The second-order valence-electron chi connectivity index (χ2n) is 2.27. The lowest BCUT2D eigenvalue weighted by Gasteiger charge is -1.98. The first-order valence-electron chi connectivity index (χ1n) is 3.86. The van der Waals surface area contributed by atoms with E-state index < -0.39 is 0 Å². The standard InChI is InChI=1S/C8H11NO2S/c1-2-11-8(10)4-3-7-5-9-6-12-7/h5-6H,2-4H2,1H3. The van der Waals surface area contributed by atoms with Gasteiger partial charge in [-0.3, -0.25) is 9.78 Å². The van der Waals surface area contributed by atoms with E-state index in [4.69, 9.17) is 4.74 Å². The summed E-state index contributed by atoms with van der Waals surface area (Å²) in [5, 5.41) is 0. The number of ether oxygens (including phenoxy) is 1. The zero-order valence-electron chi connectivity index (χ0n) is 6.95. The summed E-state index contributed by atoms with van der Waals surface area (Å²) in [6.07, 6.45) is 2.98. The first-order valence-corrected chi connectivity index (χ1v) is 4.74. The lowest BCUT2D eigenvalue weighted by molar-refractivity contribution is -0.143. The molecule has 1 heterocycles. The normalized spacial score (nSPS) is 9.75. The van der Waals surface area contributed by atoms with E-state index in [0.29, 0.717) is 13.0 Å². The van der Waals surface area contributed by atoms with Gasteiger partial charge in [0.15, 0.2) is 0 Å². The van der Waals surface area contributed by atoms with E-state index in [9.17, 15) is 4.79 Å².